The zero-order valence-corrected chi connectivity index (χ0v) is 9.78. The van der Waals surface area contributed by atoms with Gasteiger partial charge in [0, 0.05) is 18.5 Å². The molecule has 0 saturated carbocycles. The molecule has 0 amide bonds. The molecule has 0 aliphatic rings. The Morgan fingerprint density at radius 3 is 2.67 bits per heavy atom. The molecular formula is C12H12N4O2. The van der Waals surface area contributed by atoms with E-state index in [0.717, 1.165) is 5.69 Å². The van der Waals surface area contributed by atoms with Crippen LogP contribution in [-0.2, 0) is 0 Å². The van der Waals surface area contributed by atoms with E-state index in [1.165, 1.54) is 18.3 Å². The lowest BCUT2D eigenvalue weighted by Crippen LogP contribution is -2.10. The van der Waals surface area contributed by atoms with E-state index in [9.17, 15) is 10.1 Å². The first-order chi connectivity index (χ1) is 8.68. The van der Waals surface area contributed by atoms with E-state index in [4.69, 9.17) is 0 Å². The summed E-state index contributed by atoms with van der Waals surface area (Å²) >= 11 is 0. The molecule has 1 atom stereocenters. The fraction of sp³-hybridized carbons (Fsp3) is 0.167. The van der Waals surface area contributed by atoms with E-state index in [2.05, 4.69) is 15.3 Å². The molecule has 0 aliphatic heterocycles. The number of hydrogen-bond donors (Lipinski definition) is 1. The Kier molecular flexibility index (Phi) is 3.47. The standard InChI is InChI=1S/C12H12N4O2/c1-9(10-5-2-3-7-13-10)15-12-11(16(17)18)6-4-8-14-12/h2-9H,1H3,(H,14,15)/t9-/m0/s1. The topological polar surface area (TPSA) is 81.0 Å². The predicted octanol–water partition coefficient (Wildman–Crippen LogP) is 2.56. The summed E-state index contributed by atoms with van der Waals surface area (Å²) < 4.78 is 0. The number of rotatable bonds is 4. The van der Waals surface area contributed by atoms with Crippen LogP contribution in [0.4, 0.5) is 11.5 Å². The first-order valence-corrected chi connectivity index (χ1v) is 5.45. The summed E-state index contributed by atoms with van der Waals surface area (Å²) in [6, 6.07) is 8.34. The smallest absolute Gasteiger partial charge is 0.311 e. The molecule has 0 bridgehead atoms. The van der Waals surface area contributed by atoms with Gasteiger partial charge in [-0.2, -0.15) is 0 Å². The van der Waals surface area contributed by atoms with Crippen LogP contribution in [0.3, 0.4) is 0 Å². The van der Waals surface area contributed by atoms with Crippen molar-refractivity contribution in [2.45, 2.75) is 13.0 Å². The lowest BCUT2D eigenvalue weighted by atomic mass is 10.2. The highest BCUT2D eigenvalue weighted by Gasteiger charge is 2.16. The molecule has 6 nitrogen and oxygen atoms in total. The average Bonchev–Trinajstić information content (AvgIpc) is 2.40. The molecule has 2 heterocycles. The monoisotopic (exact) mass is 244 g/mol. The van der Waals surface area contributed by atoms with Gasteiger partial charge >= 0.3 is 5.69 Å². The summed E-state index contributed by atoms with van der Waals surface area (Å²) in [6.07, 6.45) is 3.20. The van der Waals surface area contributed by atoms with Crippen molar-refractivity contribution < 1.29 is 4.92 Å². The van der Waals surface area contributed by atoms with Crippen molar-refractivity contribution in [3.63, 3.8) is 0 Å². The van der Waals surface area contributed by atoms with Gasteiger partial charge in [-0.3, -0.25) is 15.1 Å². The van der Waals surface area contributed by atoms with Gasteiger partial charge in [0.05, 0.1) is 16.7 Å². The van der Waals surface area contributed by atoms with E-state index < -0.39 is 4.92 Å². The van der Waals surface area contributed by atoms with Crippen molar-refractivity contribution in [3.8, 4) is 0 Å². The zero-order chi connectivity index (χ0) is 13.0. The Morgan fingerprint density at radius 1 is 1.22 bits per heavy atom. The highest BCUT2D eigenvalue weighted by atomic mass is 16.6. The lowest BCUT2D eigenvalue weighted by molar-refractivity contribution is -0.384. The van der Waals surface area contributed by atoms with Gasteiger partial charge in [0.2, 0.25) is 5.82 Å². The van der Waals surface area contributed by atoms with Gasteiger partial charge in [0.1, 0.15) is 0 Å². The van der Waals surface area contributed by atoms with Crippen LogP contribution in [-0.4, -0.2) is 14.9 Å². The van der Waals surface area contributed by atoms with Crippen LogP contribution in [0, 0.1) is 10.1 Å². The number of anilines is 1. The SMILES string of the molecule is C[C@H](Nc1ncccc1[N+](=O)[O-])c1ccccn1. The minimum atomic E-state index is -0.458. The second-order valence-corrected chi connectivity index (χ2v) is 3.75. The van der Waals surface area contributed by atoms with Gasteiger partial charge in [-0.1, -0.05) is 6.07 Å². The van der Waals surface area contributed by atoms with Crippen LogP contribution in [0.2, 0.25) is 0 Å². The molecule has 0 aliphatic carbocycles. The molecule has 1 N–H and O–H groups in total. The number of pyridine rings is 2. The van der Waals surface area contributed by atoms with Crippen LogP contribution in [0.25, 0.3) is 0 Å². The van der Waals surface area contributed by atoms with Crippen molar-refractivity contribution in [2.75, 3.05) is 5.32 Å². The fourth-order valence-electron chi connectivity index (χ4n) is 1.57. The Balaban J connectivity index is 2.22. The van der Waals surface area contributed by atoms with Gasteiger partial charge in [-0.25, -0.2) is 4.98 Å². The maximum absolute atomic E-state index is 10.8. The van der Waals surface area contributed by atoms with E-state index in [1.54, 1.807) is 6.20 Å². The molecule has 0 unspecified atom stereocenters. The van der Waals surface area contributed by atoms with E-state index in [-0.39, 0.29) is 17.5 Å². The van der Waals surface area contributed by atoms with Crippen molar-refractivity contribution in [1.29, 1.82) is 0 Å². The Labute approximate surface area is 104 Å². The Hall–Kier alpha value is -2.50. The van der Waals surface area contributed by atoms with Crippen LogP contribution in [0.5, 0.6) is 0 Å². The van der Waals surface area contributed by atoms with Gasteiger partial charge in [0.15, 0.2) is 0 Å². The number of nitrogens with one attached hydrogen (secondary N) is 1. The molecule has 0 radical (unpaired) electrons. The van der Waals surface area contributed by atoms with Crippen LogP contribution >= 0.6 is 0 Å². The molecule has 2 rings (SSSR count). The van der Waals surface area contributed by atoms with Crippen molar-refractivity contribution in [2.24, 2.45) is 0 Å². The number of nitrogens with zero attached hydrogens (tertiary/aromatic N) is 3. The Bertz CT molecular complexity index is 545. The first kappa shape index (κ1) is 12.0. The minimum absolute atomic E-state index is 0.0414. The van der Waals surface area contributed by atoms with Crippen LogP contribution in [0.15, 0.2) is 42.7 Å². The molecule has 0 fully saturated rings. The third-order valence-electron chi connectivity index (χ3n) is 2.47. The summed E-state index contributed by atoms with van der Waals surface area (Å²) in [7, 11) is 0. The summed E-state index contributed by atoms with van der Waals surface area (Å²) in [6.45, 7) is 1.88. The van der Waals surface area contributed by atoms with Crippen molar-refractivity contribution in [1.82, 2.24) is 9.97 Å². The normalized spacial score (nSPS) is 11.8. The van der Waals surface area contributed by atoms with Gasteiger partial charge in [0.25, 0.3) is 0 Å². The fourth-order valence-corrected chi connectivity index (χ4v) is 1.57. The second-order valence-electron chi connectivity index (χ2n) is 3.75. The van der Waals surface area contributed by atoms with Crippen LogP contribution in [0.1, 0.15) is 18.7 Å². The minimum Gasteiger partial charge on any atom is -0.356 e. The second kappa shape index (κ2) is 5.22. The summed E-state index contributed by atoms with van der Waals surface area (Å²) in [5.41, 5.74) is 0.762. The summed E-state index contributed by atoms with van der Waals surface area (Å²) in [4.78, 5) is 18.6. The molecule has 6 heteroatoms. The molecule has 92 valence electrons. The number of hydrogen-bond acceptors (Lipinski definition) is 5. The summed E-state index contributed by atoms with van der Waals surface area (Å²) in [5.74, 6) is 0.251. The predicted molar refractivity (Wildman–Crippen MR) is 67.2 cm³/mol. The van der Waals surface area contributed by atoms with Gasteiger partial charge < -0.3 is 5.32 Å². The largest absolute Gasteiger partial charge is 0.356 e. The van der Waals surface area contributed by atoms with Gasteiger partial charge in [-0.05, 0) is 25.1 Å². The maximum atomic E-state index is 10.8. The lowest BCUT2D eigenvalue weighted by Gasteiger charge is -2.13. The zero-order valence-electron chi connectivity index (χ0n) is 9.78. The molecule has 0 saturated heterocycles. The molecule has 18 heavy (non-hydrogen) atoms. The number of aromatic nitrogens is 2. The third kappa shape index (κ3) is 2.60. The maximum Gasteiger partial charge on any atom is 0.311 e. The highest BCUT2D eigenvalue weighted by molar-refractivity contribution is 5.55. The van der Waals surface area contributed by atoms with E-state index >= 15 is 0 Å². The van der Waals surface area contributed by atoms with Gasteiger partial charge in [-0.15, -0.1) is 0 Å². The molecule has 2 aromatic heterocycles. The summed E-state index contributed by atoms with van der Waals surface area (Å²) in [5, 5.41) is 13.8. The molecular weight excluding hydrogens is 232 g/mol. The van der Waals surface area contributed by atoms with Crippen molar-refractivity contribution in [3.05, 3.63) is 58.5 Å². The first-order valence-electron chi connectivity index (χ1n) is 5.45. The molecule has 0 spiro atoms. The Morgan fingerprint density at radius 2 is 2.00 bits per heavy atom. The third-order valence-corrected chi connectivity index (χ3v) is 2.47. The van der Waals surface area contributed by atoms with Crippen molar-refractivity contribution >= 4 is 11.5 Å². The van der Waals surface area contributed by atoms with E-state index in [0.29, 0.717) is 0 Å². The van der Waals surface area contributed by atoms with Crippen LogP contribution < -0.4 is 5.32 Å². The number of nitro groups is 1. The molecule has 2 aromatic rings. The van der Waals surface area contributed by atoms with E-state index in [1.807, 2.05) is 25.1 Å². The quantitative estimate of drug-likeness (QED) is 0.660. The molecule has 0 aromatic carbocycles. The average molecular weight is 244 g/mol. The highest BCUT2D eigenvalue weighted by Crippen LogP contribution is 2.24.